The maximum atomic E-state index is 14.0. The summed E-state index contributed by atoms with van der Waals surface area (Å²) in [6.07, 6.45) is 7.23. The Morgan fingerprint density at radius 2 is 2.12 bits per heavy atom. The van der Waals surface area contributed by atoms with Crippen LogP contribution in [-0.2, 0) is 26.4 Å². The van der Waals surface area contributed by atoms with Crippen molar-refractivity contribution in [2.75, 3.05) is 13.1 Å². The van der Waals surface area contributed by atoms with Gasteiger partial charge >= 0.3 is 0 Å². The third kappa shape index (κ3) is 3.93. The molecule has 1 aliphatic heterocycles. The van der Waals surface area contributed by atoms with E-state index in [-0.39, 0.29) is 6.04 Å². The number of hydrogen-bond donors (Lipinski definition) is 1. The van der Waals surface area contributed by atoms with Crippen molar-refractivity contribution in [1.82, 2.24) is 20.0 Å². The second kappa shape index (κ2) is 7.26. The predicted molar refractivity (Wildman–Crippen MR) is 97.2 cm³/mol. The predicted octanol–water partition coefficient (Wildman–Crippen LogP) is 2.48. The van der Waals surface area contributed by atoms with Gasteiger partial charge in [0, 0.05) is 50.5 Å². The summed E-state index contributed by atoms with van der Waals surface area (Å²) in [5, 5.41) is 7.94. The second-order valence-corrected chi connectivity index (χ2v) is 7.56. The van der Waals surface area contributed by atoms with Gasteiger partial charge in [0.2, 0.25) is 0 Å². The molecular weight excluding hydrogens is 315 g/mol. The molecule has 2 aromatic rings. The zero-order valence-corrected chi connectivity index (χ0v) is 14.9. The maximum absolute atomic E-state index is 14.0. The molecule has 3 atom stereocenters. The van der Waals surface area contributed by atoms with Gasteiger partial charge in [-0.2, -0.15) is 5.10 Å². The van der Waals surface area contributed by atoms with E-state index >= 15 is 0 Å². The van der Waals surface area contributed by atoms with E-state index in [1.807, 2.05) is 24.1 Å². The normalized spacial score (nSPS) is 26.7. The molecule has 0 saturated carbocycles. The van der Waals surface area contributed by atoms with Crippen LogP contribution in [0.25, 0.3) is 0 Å². The Kier molecular flexibility index (Phi) is 4.86. The van der Waals surface area contributed by atoms with Gasteiger partial charge in [-0.25, -0.2) is 4.39 Å². The van der Waals surface area contributed by atoms with Crippen molar-refractivity contribution in [1.29, 1.82) is 0 Å². The Labute approximate surface area is 149 Å². The van der Waals surface area contributed by atoms with Crippen LogP contribution in [0, 0.1) is 0 Å². The van der Waals surface area contributed by atoms with Crippen molar-refractivity contribution < 1.29 is 4.39 Å². The Morgan fingerprint density at radius 3 is 2.92 bits per heavy atom. The lowest BCUT2D eigenvalue weighted by Crippen LogP contribution is -2.43. The summed E-state index contributed by atoms with van der Waals surface area (Å²) in [5.74, 6) is 0. The molecule has 1 saturated heterocycles. The second-order valence-electron chi connectivity index (χ2n) is 7.56. The van der Waals surface area contributed by atoms with Gasteiger partial charge in [-0.15, -0.1) is 0 Å². The van der Waals surface area contributed by atoms with E-state index < -0.39 is 6.17 Å². The van der Waals surface area contributed by atoms with E-state index in [1.54, 1.807) is 0 Å². The van der Waals surface area contributed by atoms with Crippen molar-refractivity contribution in [2.24, 2.45) is 7.05 Å². The third-order valence-corrected chi connectivity index (χ3v) is 5.61. The highest BCUT2D eigenvalue weighted by molar-refractivity contribution is 5.30. The lowest BCUT2D eigenvalue weighted by Gasteiger charge is -2.29. The number of aryl methyl sites for hydroxylation is 2. The highest BCUT2D eigenvalue weighted by Gasteiger charge is 2.32. The first kappa shape index (κ1) is 16.7. The number of benzene rings is 1. The van der Waals surface area contributed by atoms with Gasteiger partial charge in [0.15, 0.2) is 0 Å². The Morgan fingerprint density at radius 1 is 1.28 bits per heavy atom. The van der Waals surface area contributed by atoms with Crippen LogP contribution in [-0.4, -0.2) is 46.0 Å². The zero-order valence-electron chi connectivity index (χ0n) is 14.9. The number of fused-ring (bicyclic) bond motifs is 1. The van der Waals surface area contributed by atoms with E-state index in [0.717, 1.165) is 31.5 Å². The average Bonchev–Trinajstić information content (AvgIpc) is 3.18. The zero-order chi connectivity index (χ0) is 17.2. The summed E-state index contributed by atoms with van der Waals surface area (Å²) >= 11 is 0. The van der Waals surface area contributed by atoms with Crippen LogP contribution in [0.5, 0.6) is 0 Å². The molecule has 1 N–H and O–H groups in total. The van der Waals surface area contributed by atoms with Crippen LogP contribution in [0.4, 0.5) is 4.39 Å². The number of rotatable bonds is 5. The first-order valence-corrected chi connectivity index (χ1v) is 9.33. The van der Waals surface area contributed by atoms with Gasteiger partial charge < -0.3 is 5.32 Å². The molecule has 5 heteroatoms. The minimum Gasteiger partial charge on any atom is -0.312 e. The number of nitrogens with zero attached hydrogens (tertiary/aromatic N) is 3. The molecule has 1 aliphatic carbocycles. The lowest BCUT2D eigenvalue weighted by atomic mass is 9.88. The van der Waals surface area contributed by atoms with Crippen LogP contribution in [0.3, 0.4) is 0 Å². The summed E-state index contributed by atoms with van der Waals surface area (Å²) in [6.45, 7) is 2.19. The van der Waals surface area contributed by atoms with E-state index in [4.69, 9.17) is 0 Å². The molecule has 25 heavy (non-hydrogen) atoms. The minimum absolute atomic E-state index is 0.271. The summed E-state index contributed by atoms with van der Waals surface area (Å²) in [6, 6.07) is 9.52. The number of aromatic nitrogens is 2. The van der Waals surface area contributed by atoms with Crippen LogP contribution in [0.1, 0.15) is 29.5 Å². The molecule has 0 amide bonds. The molecule has 2 heterocycles. The van der Waals surface area contributed by atoms with E-state index in [9.17, 15) is 4.39 Å². The summed E-state index contributed by atoms with van der Waals surface area (Å²) in [4.78, 5) is 2.27. The molecule has 4 nitrogen and oxygen atoms in total. The van der Waals surface area contributed by atoms with Crippen molar-refractivity contribution in [3.05, 3.63) is 53.3 Å². The van der Waals surface area contributed by atoms with Crippen LogP contribution >= 0.6 is 0 Å². The van der Waals surface area contributed by atoms with E-state index in [1.165, 1.54) is 17.5 Å². The summed E-state index contributed by atoms with van der Waals surface area (Å²) in [5.41, 5.74) is 4.12. The maximum Gasteiger partial charge on any atom is 0.114 e. The quantitative estimate of drug-likeness (QED) is 0.906. The van der Waals surface area contributed by atoms with Crippen LogP contribution in [0.15, 0.2) is 36.7 Å². The molecule has 4 rings (SSSR count). The SMILES string of the molecule is Cn1cc(CN2C[C@@H](F)C[C@H]2CN[C@H]2CCc3ccccc3C2)cn1. The lowest BCUT2D eigenvalue weighted by molar-refractivity contribution is 0.224. The van der Waals surface area contributed by atoms with Crippen molar-refractivity contribution in [3.63, 3.8) is 0 Å². The minimum atomic E-state index is -0.712. The molecule has 134 valence electrons. The van der Waals surface area contributed by atoms with Crippen LogP contribution < -0.4 is 5.32 Å². The highest BCUT2D eigenvalue weighted by Crippen LogP contribution is 2.24. The molecule has 1 aromatic carbocycles. The fourth-order valence-corrected chi connectivity index (χ4v) is 4.29. The summed E-state index contributed by atoms with van der Waals surface area (Å²) < 4.78 is 15.8. The first-order chi connectivity index (χ1) is 12.2. The molecule has 0 unspecified atom stereocenters. The van der Waals surface area contributed by atoms with Crippen LogP contribution in [0.2, 0.25) is 0 Å². The van der Waals surface area contributed by atoms with Gasteiger partial charge in [-0.05, 0) is 36.8 Å². The molecule has 0 bridgehead atoms. The van der Waals surface area contributed by atoms with E-state index in [0.29, 0.717) is 19.0 Å². The standard InChI is InChI=1S/C20H27FN4/c1-24-12-15(10-23-24)13-25-14-18(21)9-20(25)11-22-19-7-6-16-4-2-3-5-17(16)8-19/h2-5,10,12,18-20,22H,6-9,11,13-14H2,1H3/t18-,19-,20-/m0/s1. The fourth-order valence-electron chi connectivity index (χ4n) is 4.29. The molecule has 1 fully saturated rings. The van der Waals surface area contributed by atoms with Crippen molar-refractivity contribution in [3.8, 4) is 0 Å². The number of alkyl halides is 1. The van der Waals surface area contributed by atoms with Crippen molar-refractivity contribution in [2.45, 2.75) is 50.5 Å². The van der Waals surface area contributed by atoms with E-state index in [2.05, 4.69) is 39.6 Å². The Hall–Kier alpha value is -1.72. The van der Waals surface area contributed by atoms with Gasteiger partial charge in [-0.3, -0.25) is 9.58 Å². The number of nitrogens with one attached hydrogen (secondary N) is 1. The smallest absolute Gasteiger partial charge is 0.114 e. The summed E-state index contributed by atoms with van der Waals surface area (Å²) in [7, 11) is 1.92. The first-order valence-electron chi connectivity index (χ1n) is 9.33. The fraction of sp³-hybridized carbons (Fsp3) is 0.550. The third-order valence-electron chi connectivity index (χ3n) is 5.61. The van der Waals surface area contributed by atoms with Gasteiger partial charge in [0.1, 0.15) is 6.17 Å². The van der Waals surface area contributed by atoms with Gasteiger partial charge in [0.25, 0.3) is 0 Å². The monoisotopic (exact) mass is 342 g/mol. The van der Waals surface area contributed by atoms with Gasteiger partial charge in [0.05, 0.1) is 6.20 Å². The van der Waals surface area contributed by atoms with Gasteiger partial charge in [-0.1, -0.05) is 24.3 Å². The number of hydrogen-bond acceptors (Lipinski definition) is 3. The topological polar surface area (TPSA) is 33.1 Å². The molecular formula is C20H27FN4. The average molecular weight is 342 g/mol. The number of halogens is 1. The molecule has 1 aromatic heterocycles. The Balaban J connectivity index is 1.33. The molecule has 0 spiro atoms. The largest absolute Gasteiger partial charge is 0.312 e. The Bertz CT molecular complexity index is 713. The molecule has 0 radical (unpaired) electrons. The molecule has 2 aliphatic rings. The van der Waals surface area contributed by atoms with Crippen molar-refractivity contribution >= 4 is 0 Å². The number of likely N-dealkylation sites (tertiary alicyclic amines) is 1. The highest BCUT2D eigenvalue weighted by atomic mass is 19.1.